The van der Waals surface area contributed by atoms with Gasteiger partial charge in [-0.25, -0.2) is 8.42 Å². The molecule has 4 nitrogen and oxygen atoms in total. The van der Waals surface area contributed by atoms with Crippen LogP contribution < -0.4 is 0 Å². The minimum Gasteiger partial charge on any atom is -0.341 e. The standard InChI is InChI=1S/C17H23NO3S2/c19-17(13-22-14-6-4-5-7-14)18-11-10-16(12-18)23(20,21)15-8-2-1-3-9-15/h1-3,8-9,14,16H,4-7,10-13H2. The number of sulfone groups is 1. The van der Waals surface area contributed by atoms with Gasteiger partial charge in [-0.15, -0.1) is 11.8 Å². The Labute approximate surface area is 142 Å². The first-order valence-electron chi connectivity index (χ1n) is 8.25. The van der Waals surface area contributed by atoms with Crippen LogP contribution in [0.25, 0.3) is 0 Å². The predicted molar refractivity (Wildman–Crippen MR) is 93.3 cm³/mol. The smallest absolute Gasteiger partial charge is 0.232 e. The van der Waals surface area contributed by atoms with Gasteiger partial charge in [0.15, 0.2) is 9.84 Å². The van der Waals surface area contributed by atoms with Crippen molar-refractivity contribution in [3.8, 4) is 0 Å². The molecular weight excluding hydrogens is 330 g/mol. The highest BCUT2D eigenvalue weighted by molar-refractivity contribution is 8.00. The number of likely N-dealkylation sites (tertiary alicyclic amines) is 1. The first-order chi connectivity index (χ1) is 11.1. The molecule has 0 N–H and O–H groups in total. The average molecular weight is 354 g/mol. The van der Waals surface area contributed by atoms with Crippen molar-refractivity contribution >= 4 is 27.5 Å². The summed E-state index contributed by atoms with van der Waals surface area (Å²) in [6.07, 6.45) is 5.50. The molecular formula is C17H23NO3S2. The molecule has 23 heavy (non-hydrogen) atoms. The second-order valence-corrected chi connectivity index (χ2v) is 9.84. The van der Waals surface area contributed by atoms with Gasteiger partial charge in [-0.1, -0.05) is 31.0 Å². The largest absolute Gasteiger partial charge is 0.341 e. The van der Waals surface area contributed by atoms with Crippen LogP contribution in [0.4, 0.5) is 0 Å². The first kappa shape index (κ1) is 16.8. The van der Waals surface area contributed by atoms with E-state index in [4.69, 9.17) is 0 Å². The van der Waals surface area contributed by atoms with Gasteiger partial charge in [0.2, 0.25) is 5.91 Å². The lowest BCUT2D eigenvalue weighted by molar-refractivity contribution is -0.127. The number of thioether (sulfide) groups is 1. The van der Waals surface area contributed by atoms with E-state index in [1.807, 2.05) is 6.07 Å². The quantitative estimate of drug-likeness (QED) is 0.817. The maximum Gasteiger partial charge on any atom is 0.232 e. The highest BCUT2D eigenvalue weighted by Crippen LogP contribution is 2.30. The third kappa shape index (κ3) is 3.91. The number of carbonyl (C=O) groups is 1. The van der Waals surface area contributed by atoms with Gasteiger partial charge < -0.3 is 4.90 Å². The lowest BCUT2D eigenvalue weighted by atomic mass is 10.4. The summed E-state index contributed by atoms with van der Waals surface area (Å²) in [5.41, 5.74) is 0. The molecule has 1 amide bonds. The molecule has 0 aromatic heterocycles. The number of carbonyl (C=O) groups excluding carboxylic acids is 1. The molecule has 1 heterocycles. The molecule has 126 valence electrons. The lowest BCUT2D eigenvalue weighted by Gasteiger charge is -2.18. The Kier molecular flexibility index (Phi) is 5.31. The molecule has 1 unspecified atom stereocenters. The van der Waals surface area contributed by atoms with Gasteiger partial charge in [0.1, 0.15) is 0 Å². The van der Waals surface area contributed by atoms with Crippen molar-refractivity contribution in [1.82, 2.24) is 4.90 Å². The minimum absolute atomic E-state index is 0.0904. The Balaban J connectivity index is 1.56. The fourth-order valence-corrected chi connectivity index (χ4v) is 6.29. The molecule has 3 rings (SSSR count). The van der Waals surface area contributed by atoms with Crippen molar-refractivity contribution < 1.29 is 13.2 Å². The first-order valence-corrected chi connectivity index (χ1v) is 10.9. The summed E-state index contributed by atoms with van der Waals surface area (Å²) in [5.74, 6) is 0.579. The zero-order valence-corrected chi connectivity index (χ0v) is 14.8. The van der Waals surface area contributed by atoms with Crippen LogP contribution >= 0.6 is 11.8 Å². The van der Waals surface area contributed by atoms with Crippen LogP contribution in [-0.4, -0.2) is 48.6 Å². The summed E-state index contributed by atoms with van der Waals surface area (Å²) in [6.45, 7) is 0.891. The van der Waals surface area contributed by atoms with E-state index in [9.17, 15) is 13.2 Å². The second-order valence-electron chi connectivity index (χ2n) is 6.33. The predicted octanol–water partition coefficient (Wildman–Crippen LogP) is 2.74. The monoisotopic (exact) mass is 353 g/mol. The number of hydrogen-bond donors (Lipinski definition) is 0. The van der Waals surface area contributed by atoms with Crippen molar-refractivity contribution in [3.63, 3.8) is 0 Å². The van der Waals surface area contributed by atoms with E-state index < -0.39 is 15.1 Å². The third-order valence-electron chi connectivity index (χ3n) is 4.75. The van der Waals surface area contributed by atoms with Gasteiger partial charge >= 0.3 is 0 Å². The molecule has 6 heteroatoms. The highest BCUT2D eigenvalue weighted by Gasteiger charge is 2.36. The Morgan fingerprint density at radius 3 is 2.52 bits per heavy atom. The van der Waals surface area contributed by atoms with E-state index in [2.05, 4.69) is 0 Å². The lowest BCUT2D eigenvalue weighted by Crippen LogP contribution is -2.33. The number of amides is 1. The summed E-state index contributed by atoms with van der Waals surface area (Å²) in [5, 5.41) is 0.149. The SMILES string of the molecule is O=C(CSC1CCCC1)N1CCC(S(=O)(=O)c2ccccc2)C1. The van der Waals surface area contributed by atoms with E-state index in [1.54, 1.807) is 40.9 Å². The van der Waals surface area contributed by atoms with Crippen LogP contribution in [0.15, 0.2) is 35.2 Å². The normalized spacial score (nSPS) is 22.6. The summed E-state index contributed by atoms with van der Waals surface area (Å²) in [6, 6.07) is 8.56. The van der Waals surface area contributed by atoms with Crippen LogP contribution in [0.1, 0.15) is 32.1 Å². The van der Waals surface area contributed by atoms with Gasteiger partial charge in [0.05, 0.1) is 15.9 Å². The molecule has 2 fully saturated rings. The number of benzene rings is 1. The zero-order chi connectivity index (χ0) is 16.3. The van der Waals surface area contributed by atoms with Crippen molar-refractivity contribution in [2.75, 3.05) is 18.8 Å². The summed E-state index contributed by atoms with van der Waals surface area (Å²) in [7, 11) is -3.34. The van der Waals surface area contributed by atoms with E-state index in [1.165, 1.54) is 25.7 Å². The Hall–Kier alpha value is -1.01. The topological polar surface area (TPSA) is 54.5 Å². The van der Waals surface area contributed by atoms with E-state index >= 15 is 0 Å². The van der Waals surface area contributed by atoms with Gasteiger partial charge in [-0.05, 0) is 31.4 Å². The molecule has 0 radical (unpaired) electrons. The molecule has 2 aliphatic rings. The van der Waals surface area contributed by atoms with Gasteiger partial charge in [0, 0.05) is 18.3 Å². The molecule has 1 saturated carbocycles. The molecule has 1 saturated heterocycles. The minimum atomic E-state index is -3.34. The zero-order valence-electron chi connectivity index (χ0n) is 13.2. The Morgan fingerprint density at radius 2 is 1.83 bits per heavy atom. The van der Waals surface area contributed by atoms with Crippen molar-refractivity contribution in [1.29, 1.82) is 0 Å². The van der Waals surface area contributed by atoms with Crippen LogP contribution in [0, 0.1) is 0 Å². The van der Waals surface area contributed by atoms with Crippen LogP contribution in [0.5, 0.6) is 0 Å². The Morgan fingerprint density at radius 1 is 1.13 bits per heavy atom. The van der Waals surface area contributed by atoms with Crippen LogP contribution in [-0.2, 0) is 14.6 Å². The van der Waals surface area contributed by atoms with Crippen molar-refractivity contribution in [3.05, 3.63) is 30.3 Å². The number of rotatable bonds is 5. The molecule has 1 atom stereocenters. The molecule has 0 bridgehead atoms. The van der Waals surface area contributed by atoms with Gasteiger partial charge in [-0.3, -0.25) is 4.79 Å². The Bertz CT molecular complexity index is 639. The summed E-state index contributed by atoms with van der Waals surface area (Å²) in [4.78, 5) is 14.4. The molecule has 1 aliphatic carbocycles. The fraction of sp³-hybridized carbons (Fsp3) is 0.588. The average Bonchev–Trinajstić information content (AvgIpc) is 3.25. The van der Waals surface area contributed by atoms with E-state index in [0.717, 1.165) is 0 Å². The van der Waals surface area contributed by atoms with E-state index in [0.29, 0.717) is 35.4 Å². The third-order valence-corrected chi connectivity index (χ3v) is 8.30. The number of hydrogen-bond acceptors (Lipinski definition) is 4. The summed E-state index contributed by atoms with van der Waals surface area (Å²) >= 11 is 1.74. The van der Waals surface area contributed by atoms with Gasteiger partial charge in [-0.2, -0.15) is 0 Å². The highest BCUT2D eigenvalue weighted by atomic mass is 32.2. The maximum absolute atomic E-state index is 12.6. The van der Waals surface area contributed by atoms with Crippen LogP contribution in [0.3, 0.4) is 0 Å². The van der Waals surface area contributed by atoms with Gasteiger partial charge in [0.25, 0.3) is 0 Å². The van der Waals surface area contributed by atoms with Crippen molar-refractivity contribution in [2.45, 2.75) is 47.5 Å². The molecule has 1 aromatic rings. The fourth-order valence-electron chi connectivity index (χ4n) is 3.35. The van der Waals surface area contributed by atoms with E-state index in [-0.39, 0.29) is 5.91 Å². The van der Waals surface area contributed by atoms with Crippen molar-refractivity contribution in [2.24, 2.45) is 0 Å². The van der Waals surface area contributed by atoms with Crippen LogP contribution in [0.2, 0.25) is 0 Å². The molecule has 1 aliphatic heterocycles. The number of nitrogens with zero attached hydrogens (tertiary/aromatic N) is 1. The second kappa shape index (κ2) is 7.26. The molecule has 1 aromatic carbocycles. The molecule has 0 spiro atoms. The maximum atomic E-state index is 12.6. The summed E-state index contributed by atoms with van der Waals surface area (Å²) < 4.78 is 25.3.